The molecule has 0 aliphatic heterocycles. The van der Waals surface area contributed by atoms with Crippen LogP contribution in [0.5, 0.6) is 0 Å². The minimum absolute atomic E-state index is 0.172. The lowest BCUT2D eigenvalue weighted by Crippen LogP contribution is -2.11. The Morgan fingerprint density at radius 1 is 1.08 bits per heavy atom. The van der Waals surface area contributed by atoms with Crippen molar-refractivity contribution in [1.82, 2.24) is 4.98 Å². The van der Waals surface area contributed by atoms with Gasteiger partial charge in [0.1, 0.15) is 0 Å². The molecule has 1 N–H and O–H groups in total. The Hall–Kier alpha value is -2.46. The number of nitrogens with zero attached hydrogens (tertiary/aromatic N) is 1. The van der Waals surface area contributed by atoms with Gasteiger partial charge in [-0.3, -0.25) is 4.79 Å². The van der Waals surface area contributed by atoms with Gasteiger partial charge in [0.25, 0.3) is 5.91 Å². The third kappa shape index (κ3) is 4.09. The molecule has 0 saturated heterocycles. The molecule has 1 amide bonds. The van der Waals surface area contributed by atoms with E-state index in [1.54, 1.807) is 0 Å². The molecule has 4 heteroatoms. The van der Waals surface area contributed by atoms with Gasteiger partial charge in [-0.15, -0.1) is 11.3 Å². The number of amides is 1. The number of aromatic nitrogens is 1. The Bertz CT molecular complexity index is 807. The van der Waals surface area contributed by atoms with E-state index in [9.17, 15) is 4.79 Å². The summed E-state index contributed by atoms with van der Waals surface area (Å²) in [7, 11) is 0. The Morgan fingerprint density at radius 3 is 2.46 bits per heavy atom. The van der Waals surface area contributed by atoms with Gasteiger partial charge in [0.05, 0.1) is 5.69 Å². The van der Waals surface area contributed by atoms with E-state index in [0.29, 0.717) is 10.9 Å². The van der Waals surface area contributed by atoms with E-state index >= 15 is 0 Å². The van der Waals surface area contributed by atoms with Crippen LogP contribution in [-0.2, 0) is 6.42 Å². The van der Waals surface area contributed by atoms with E-state index in [1.807, 2.05) is 35.7 Å². The molecule has 0 spiro atoms. The summed E-state index contributed by atoms with van der Waals surface area (Å²) in [6, 6.07) is 17.8. The number of hydrogen-bond acceptors (Lipinski definition) is 3. The largest absolute Gasteiger partial charge is 0.320 e. The third-order valence-electron chi connectivity index (χ3n) is 3.62. The molecule has 0 aliphatic rings. The first-order valence-corrected chi connectivity index (χ1v) is 8.91. The van der Waals surface area contributed by atoms with Gasteiger partial charge in [-0.2, -0.15) is 0 Å². The van der Waals surface area contributed by atoms with Crippen molar-refractivity contribution in [2.45, 2.75) is 20.3 Å². The molecule has 1 heterocycles. The van der Waals surface area contributed by atoms with Crippen LogP contribution < -0.4 is 5.32 Å². The normalized spacial score (nSPS) is 10.8. The van der Waals surface area contributed by atoms with E-state index in [0.717, 1.165) is 23.4 Å². The molecule has 0 atom stereocenters. The van der Waals surface area contributed by atoms with Crippen LogP contribution in [-0.4, -0.2) is 10.9 Å². The first-order chi connectivity index (χ1) is 11.6. The molecule has 0 bridgehead atoms. The Labute approximate surface area is 146 Å². The first-order valence-electron chi connectivity index (χ1n) is 8.03. The van der Waals surface area contributed by atoms with Crippen molar-refractivity contribution in [1.29, 1.82) is 0 Å². The van der Waals surface area contributed by atoms with E-state index < -0.39 is 0 Å². The van der Waals surface area contributed by atoms with Gasteiger partial charge in [0.15, 0.2) is 5.01 Å². The van der Waals surface area contributed by atoms with Crippen molar-refractivity contribution in [3.63, 3.8) is 0 Å². The first kappa shape index (κ1) is 16.4. The molecular formula is C20H20N2OS. The lowest BCUT2D eigenvalue weighted by Gasteiger charge is -2.05. The zero-order valence-electron chi connectivity index (χ0n) is 13.8. The molecule has 0 saturated carbocycles. The number of para-hydroxylation sites is 1. The van der Waals surface area contributed by atoms with E-state index in [-0.39, 0.29) is 5.91 Å². The lowest BCUT2D eigenvalue weighted by molar-refractivity contribution is 0.102. The van der Waals surface area contributed by atoms with E-state index in [2.05, 4.69) is 48.4 Å². The molecule has 0 radical (unpaired) electrons. The Balaban J connectivity index is 1.72. The van der Waals surface area contributed by atoms with Crippen molar-refractivity contribution in [2.75, 3.05) is 5.32 Å². The number of anilines is 1. The molecule has 24 heavy (non-hydrogen) atoms. The zero-order chi connectivity index (χ0) is 16.9. The number of carbonyl (C=O) groups is 1. The van der Waals surface area contributed by atoms with Gasteiger partial charge in [0.2, 0.25) is 0 Å². The third-order valence-corrected chi connectivity index (χ3v) is 4.46. The van der Waals surface area contributed by atoms with Gasteiger partial charge in [-0.05, 0) is 30.0 Å². The molecule has 2 aromatic carbocycles. The quantitative estimate of drug-likeness (QED) is 0.690. The summed E-state index contributed by atoms with van der Waals surface area (Å²) in [5, 5.41) is 5.26. The number of benzene rings is 2. The summed E-state index contributed by atoms with van der Waals surface area (Å²) in [6.45, 7) is 4.43. The van der Waals surface area contributed by atoms with Crippen molar-refractivity contribution in [3.8, 4) is 11.3 Å². The van der Waals surface area contributed by atoms with Gasteiger partial charge < -0.3 is 5.32 Å². The predicted octanol–water partition coefficient (Wildman–Crippen LogP) is 5.26. The molecule has 3 nitrogen and oxygen atoms in total. The standard InChI is InChI=1S/C20H20N2OS/c1-14(2)12-15-8-10-16(11-9-15)18-13-24-20(22-18)19(23)21-17-6-4-3-5-7-17/h3-11,13-14H,12H2,1-2H3,(H,21,23). The lowest BCUT2D eigenvalue weighted by atomic mass is 10.0. The zero-order valence-corrected chi connectivity index (χ0v) is 14.6. The fraction of sp³-hybridized carbons (Fsp3) is 0.200. The highest BCUT2D eigenvalue weighted by Gasteiger charge is 2.12. The fourth-order valence-corrected chi connectivity index (χ4v) is 3.22. The van der Waals surface area contributed by atoms with Crippen LogP contribution in [0.1, 0.15) is 29.2 Å². The maximum absolute atomic E-state index is 12.3. The van der Waals surface area contributed by atoms with Crippen LogP contribution >= 0.6 is 11.3 Å². The van der Waals surface area contributed by atoms with Crippen molar-refractivity contribution < 1.29 is 4.79 Å². The van der Waals surface area contributed by atoms with Crippen LogP contribution in [0, 0.1) is 5.92 Å². The highest BCUT2D eigenvalue weighted by molar-refractivity contribution is 7.12. The average Bonchev–Trinajstić information content (AvgIpc) is 3.06. The molecule has 3 aromatic rings. The van der Waals surface area contributed by atoms with Crippen LogP contribution in [0.25, 0.3) is 11.3 Å². The van der Waals surface area contributed by atoms with Crippen molar-refractivity contribution >= 4 is 22.9 Å². The van der Waals surface area contributed by atoms with Crippen LogP contribution in [0.4, 0.5) is 5.69 Å². The summed E-state index contributed by atoms with van der Waals surface area (Å²) < 4.78 is 0. The highest BCUT2D eigenvalue weighted by atomic mass is 32.1. The number of rotatable bonds is 5. The maximum Gasteiger partial charge on any atom is 0.284 e. The van der Waals surface area contributed by atoms with Gasteiger partial charge >= 0.3 is 0 Å². The molecule has 3 rings (SSSR count). The van der Waals surface area contributed by atoms with Gasteiger partial charge in [0, 0.05) is 16.6 Å². The minimum atomic E-state index is -0.172. The van der Waals surface area contributed by atoms with Crippen LogP contribution in [0.15, 0.2) is 60.0 Å². The minimum Gasteiger partial charge on any atom is -0.320 e. The number of nitrogens with one attached hydrogen (secondary N) is 1. The van der Waals surface area contributed by atoms with E-state index in [4.69, 9.17) is 0 Å². The van der Waals surface area contributed by atoms with E-state index in [1.165, 1.54) is 16.9 Å². The second-order valence-corrected chi connectivity index (χ2v) is 7.01. The summed E-state index contributed by atoms with van der Waals surface area (Å²) in [5.74, 6) is 0.470. The fourth-order valence-electron chi connectivity index (χ4n) is 2.50. The molecule has 0 fully saturated rings. The van der Waals surface area contributed by atoms with Crippen LogP contribution in [0.3, 0.4) is 0 Å². The summed E-state index contributed by atoms with van der Waals surface area (Å²) in [5.41, 5.74) is 3.98. The topological polar surface area (TPSA) is 42.0 Å². The molecule has 0 unspecified atom stereocenters. The SMILES string of the molecule is CC(C)Cc1ccc(-c2csc(C(=O)Nc3ccccc3)n2)cc1. The van der Waals surface area contributed by atoms with Gasteiger partial charge in [-0.1, -0.05) is 56.3 Å². The maximum atomic E-state index is 12.3. The van der Waals surface area contributed by atoms with Crippen molar-refractivity contribution in [3.05, 3.63) is 70.5 Å². The predicted molar refractivity (Wildman–Crippen MR) is 100 cm³/mol. The smallest absolute Gasteiger partial charge is 0.284 e. The van der Waals surface area contributed by atoms with Crippen LogP contribution in [0.2, 0.25) is 0 Å². The Morgan fingerprint density at radius 2 is 1.79 bits per heavy atom. The summed E-state index contributed by atoms with van der Waals surface area (Å²) in [4.78, 5) is 16.7. The number of carbonyl (C=O) groups excluding carboxylic acids is 1. The number of hydrogen-bond donors (Lipinski definition) is 1. The average molecular weight is 336 g/mol. The van der Waals surface area contributed by atoms with Crippen molar-refractivity contribution in [2.24, 2.45) is 5.92 Å². The molecule has 1 aromatic heterocycles. The monoisotopic (exact) mass is 336 g/mol. The molecule has 0 aliphatic carbocycles. The van der Waals surface area contributed by atoms with Gasteiger partial charge in [-0.25, -0.2) is 4.98 Å². The molecular weight excluding hydrogens is 316 g/mol. The molecule has 122 valence electrons. The summed E-state index contributed by atoms with van der Waals surface area (Å²) >= 11 is 1.36. The summed E-state index contributed by atoms with van der Waals surface area (Å²) in [6.07, 6.45) is 1.07. The second-order valence-electron chi connectivity index (χ2n) is 6.15. The second kappa shape index (κ2) is 7.41. The Kier molecular flexibility index (Phi) is 5.06. The highest BCUT2D eigenvalue weighted by Crippen LogP contribution is 2.23. The number of thiazole rings is 1.